The fourth-order valence-electron chi connectivity index (χ4n) is 4.19. The predicted molar refractivity (Wildman–Crippen MR) is 122 cm³/mol. The number of hydrogen-bond donors (Lipinski definition) is 1. The number of fused-ring (bicyclic) bond motifs is 1. The van der Waals surface area contributed by atoms with Gasteiger partial charge in [-0.15, -0.1) is 0 Å². The van der Waals surface area contributed by atoms with Crippen molar-refractivity contribution in [3.63, 3.8) is 0 Å². The summed E-state index contributed by atoms with van der Waals surface area (Å²) < 4.78 is 0. The molecule has 2 heterocycles. The maximum absolute atomic E-state index is 13.5. The number of benzene rings is 3. The first kappa shape index (κ1) is 21.1. The molecule has 5 rings (SSSR count). The van der Waals surface area contributed by atoms with E-state index in [1.165, 1.54) is 17.2 Å². The van der Waals surface area contributed by atoms with Gasteiger partial charge in [-0.05, 0) is 48.5 Å². The molecule has 2 fully saturated rings. The van der Waals surface area contributed by atoms with Crippen molar-refractivity contribution in [2.75, 3.05) is 9.96 Å². The number of rotatable bonds is 3. The molecule has 1 N–H and O–H groups in total. The Balaban J connectivity index is 1.64. The molecule has 0 radical (unpaired) electrons. The van der Waals surface area contributed by atoms with Crippen molar-refractivity contribution < 1.29 is 19.5 Å². The van der Waals surface area contributed by atoms with E-state index in [9.17, 15) is 14.7 Å². The topological polar surface area (TPSA) is 70.1 Å². The highest BCUT2D eigenvalue weighted by Gasteiger charge is 2.60. The maximum atomic E-state index is 13.5. The van der Waals surface area contributed by atoms with E-state index in [2.05, 4.69) is 0 Å². The van der Waals surface area contributed by atoms with Crippen LogP contribution in [-0.2, 0) is 14.4 Å². The molecule has 0 aliphatic carbocycles. The molecule has 9 heteroatoms. The summed E-state index contributed by atoms with van der Waals surface area (Å²) in [5.41, 5.74) is 1.29. The molecule has 2 aliphatic rings. The molecule has 3 atom stereocenters. The number of para-hydroxylation sites is 1. The first-order chi connectivity index (χ1) is 15.4. The Labute approximate surface area is 198 Å². The zero-order chi connectivity index (χ0) is 22.6. The zero-order valence-corrected chi connectivity index (χ0v) is 18.6. The van der Waals surface area contributed by atoms with Gasteiger partial charge in [0.2, 0.25) is 5.91 Å². The van der Waals surface area contributed by atoms with Gasteiger partial charge in [-0.3, -0.25) is 14.4 Å². The average molecular weight is 490 g/mol. The van der Waals surface area contributed by atoms with Crippen molar-refractivity contribution in [1.29, 1.82) is 0 Å². The molecule has 2 aliphatic heterocycles. The van der Waals surface area contributed by atoms with E-state index in [4.69, 9.17) is 39.6 Å². The number of aromatic hydroxyl groups is 1. The summed E-state index contributed by atoms with van der Waals surface area (Å²) in [6.45, 7) is 0. The molecule has 3 aromatic carbocycles. The number of carbonyl (C=O) groups is 2. The minimum absolute atomic E-state index is 0.0373. The van der Waals surface area contributed by atoms with E-state index in [0.717, 1.165) is 4.90 Å². The highest BCUT2D eigenvalue weighted by atomic mass is 35.5. The molecule has 0 saturated carbocycles. The summed E-state index contributed by atoms with van der Waals surface area (Å²) in [5, 5.41) is 13.0. The van der Waals surface area contributed by atoms with Gasteiger partial charge in [-0.25, -0.2) is 9.96 Å². The number of phenols is 1. The largest absolute Gasteiger partial charge is 0.506 e. The number of imide groups is 1. The number of hydrogen-bond acceptors (Lipinski definition) is 5. The summed E-state index contributed by atoms with van der Waals surface area (Å²) >= 11 is 18.3. The quantitative estimate of drug-likeness (QED) is 0.499. The molecular formula is C23H15Cl3N2O4. The van der Waals surface area contributed by atoms with Crippen molar-refractivity contribution >= 4 is 58.0 Å². The van der Waals surface area contributed by atoms with Gasteiger partial charge in [-0.2, -0.15) is 0 Å². The number of hydroxylamine groups is 1. The first-order valence-corrected chi connectivity index (χ1v) is 10.8. The normalized spacial score (nSPS) is 22.5. The second kappa shape index (κ2) is 7.98. The summed E-state index contributed by atoms with van der Waals surface area (Å²) in [7, 11) is 0. The van der Waals surface area contributed by atoms with E-state index in [1.807, 2.05) is 6.07 Å². The molecule has 6 nitrogen and oxygen atoms in total. The SMILES string of the molecule is O=C1[C@@H]2[C@H](ON(c3ccccc3)[C@H]2c2cc(Cl)cc(Cl)c2O)C(=O)N1c1ccc(Cl)cc1. The van der Waals surface area contributed by atoms with Crippen LogP contribution in [0.3, 0.4) is 0 Å². The summed E-state index contributed by atoms with van der Waals surface area (Å²) in [6.07, 6.45) is -1.08. The van der Waals surface area contributed by atoms with Crippen molar-refractivity contribution in [3.8, 4) is 5.75 Å². The highest BCUT2D eigenvalue weighted by molar-refractivity contribution is 6.35. The van der Waals surface area contributed by atoms with Gasteiger partial charge in [0.05, 0.1) is 22.4 Å². The van der Waals surface area contributed by atoms with Gasteiger partial charge in [-0.1, -0.05) is 53.0 Å². The van der Waals surface area contributed by atoms with Crippen molar-refractivity contribution in [1.82, 2.24) is 0 Å². The van der Waals surface area contributed by atoms with Crippen molar-refractivity contribution in [2.45, 2.75) is 12.1 Å². The van der Waals surface area contributed by atoms with E-state index in [1.54, 1.807) is 48.5 Å². The summed E-state index contributed by atoms with van der Waals surface area (Å²) in [5.74, 6) is -2.12. The van der Waals surface area contributed by atoms with Crippen LogP contribution < -0.4 is 9.96 Å². The van der Waals surface area contributed by atoms with Crippen molar-refractivity contribution in [2.24, 2.45) is 5.92 Å². The fourth-order valence-corrected chi connectivity index (χ4v) is 4.82. The Bertz CT molecular complexity index is 1220. The molecule has 0 aromatic heterocycles. The Morgan fingerprint density at radius 3 is 2.19 bits per heavy atom. The number of phenolic OH excluding ortho intramolecular Hbond substituents is 1. The molecule has 0 spiro atoms. The molecule has 2 saturated heterocycles. The lowest BCUT2D eigenvalue weighted by Crippen LogP contribution is -2.37. The maximum Gasteiger partial charge on any atom is 0.266 e. The summed E-state index contributed by atoms with van der Waals surface area (Å²) in [6, 6.07) is 17.5. The highest BCUT2D eigenvalue weighted by Crippen LogP contribution is 2.50. The monoisotopic (exact) mass is 488 g/mol. The zero-order valence-electron chi connectivity index (χ0n) is 16.3. The van der Waals surface area contributed by atoms with Crippen LogP contribution in [-0.4, -0.2) is 23.0 Å². The Morgan fingerprint density at radius 1 is 0.812 bits per heavy atom. The lowest BCUT2D eigenvalue weighted by atomic mass is 9.90. The molecule has 162 valence electrons. The minimum atomic E-state index is -1.08. The van der Waals surface area contributed by atoms with E-state index < -0.39 is 29.9 Å². The predicted octanol–water partition coefficient (Wildman–Crippen LogP) is 5.40. The van der Waals surface area contributed by atoms with Gasteiger partial charge in [0.25, 0.3) is 5.91 Å². The van der Waals surface area contributed by atoms with Crippen LogP contribution in [0.5, 0.6) is 5.75 Å². The first-order valence-electron chi connectivity index (χ1n) is 9.69. The van der Waals surface area contributed by atoms with Gasteiger partial charge in [0.1, 0.15) is 11.7 Å². The van der Waals surface area contributed by atoms with Gasteiger partial charge >= 0.3 is 0 Å². The number of amides is 2. The third-order valence-corrected chi connectivity index (χ3v) is 6.35. The van der Waals surface area contributed by atoms with Crippen LogP contribution >= 0.6 is 34.8 Å². The van der Waals surface area contributed by atoms with E-state index >= 15 is 0 Å². The van der Waals surface area contributed by atoms with Gasteiger partial charge in [0, 0.05) is 15.6 Å². The van der Waals surface area contributed by atoms with Crippen LogP contribution in [0.1, 0.15) is 11.6 Å². The number of anilines is 2. The van der Waals surface area contributed by atoms with E-state index in [0.29, 0.717) is 16.4 Å². The smallest absolute Gasteiger partial charge is 0.266 e. The standard InChI is InChI=1S/C23H15Cl3N2O4/c24-12-6-8-14(9-7-12)27-22(30)18-19(16-10-13(25)11-17(26)20(16)29)28(32-21(18)23(27)31)15-4-2-1-3-5-15/h1-11,18-19,21,29H/t18-,19-,21-/m0/s1. The van der Waals surface area contributed by atoms with Crippen LogP contribution in [0.2, 0.25) is 15.1 Å². The molecule has 32 heavy (non-hydrogen) atoms. The van der Waals surface area contributed by atoms with Crippen molar-refractivity contribution in [3.05, 3.63) is 87.4 Å². The molecule has 0 bridgehead atoms. The number of carbonyl (C=O) groups excluding carboxylic acids is 2. The second-order valence-corrected chi connectivity index (χ2v) is 8.75. The fraction of sp³-hybridized carbons (Fsp3) is 0.130. The second-order valence-electron chi connectivity index (χ2n) is 7.47. The summed E-state index contributed by atoms with van der Waals surface area (Å²) in [4.78, 5) is 33.9. The lowest BCUT2D eigenvalue weighted by Gasteiger charge is -2.29. The molecule has 0 unspecified atom stereocenters. The van der Waals surface area contributed by atoms with E-state index in [-0.39, 0.29) is 21.4 Å². The number of halogens is 3. The lowest BCUT2D eigenvalue weighted by molar-refractivity contribution is -0.126. The molecule has 2 amide bonds. The number of nitrogens with zero attached hydrogens (tertiary/aromatic N) is 2. The Kier molecular flexibility index (Phi) is 5.26. The third-order valence-electron chi connectivity index (χ3n) is 5.59. The molecular weight excluding hydrogens is 475 g/mol. The molecule has 3 aromatic rings. The third kappa shape index (κ3) is 3.31. The van der Waals surface area contributed by atoms with Crippen LogP contribution in [0, 0.1) is 5.92 Å². The van der Waals surface area contributed by atoms with Crippen LogP contribution in [0.15, 0.2) is 66.7 Å². The Hall–Kier alpha value is -2.77. The minimum Gasteiger partial charge on any atom is -0.506 e. The van der Waals surface area contributed by atoms with Crippen LogP contribution in [0.25, 0.3) is 0 Å². The average Bonchev–Trinajstić information content (AvgIpc) is 3.28. The van der Waals surface area contributed by atoms with Crippen LogP contribution in [0.4, 0.5) is 11.4 Å². The Morgan fingerprint density at radius 2 is 1.50 bits per heavy atom. The van der Waals surface area contributed by atoms with Gasteiger partial charge in [0.15, 0.2) is 6.10 Å². The van der Waals surface area contributed by atoms with Gasteiger partial charge < -0.3 is 5.11 Å².